The van der Waals surface area contributed by atoms with Gasteiger partial charge in [-0.05, 0) is 99.1 Å². The van der Waals surface area contributed by atoms with Gasteiger partial charge in [0.15, 0.2) is 0 Å². The Morgan fingerprint density at radius 3 is 1.38 bits per heavy atom. The van der Waals surface area contributed by atoms with E-state index in [9.17, 15) is 0 Å². The standard InChI is InChI=1S/C25H36N4/c1(2-22-8-16-28(17-9-22)20-24-4-12-26-13-5-24)3-23-10-18-29(19-11-23)21-25-6-14-27-15-7-25/h4-7,12-15,22-23H,1-3,8-11,16-21H2. The highest BCUT2D eigenvalue weighted by Gasteiger charge is 2.22. The van der Waals surface area contributed by atoms with Crippen molar-refractivity contribution in [3.8, 4) is 0 Å². The summed E-state index contributed by atoms with van der Waals surface area (Å²) in [5, 5.41) is 0. The maximum atomic E-state index is 4.12. The molecule has 2 aliphatic rings. The maximum absolute atomic E-state index is 4.12. The van der Waals surface area contributed by atoms with Crippen molar-refractivity contribution in [1.29, 1.82) is 0 Å². The predicted molar refractivity (Wildman–Crippen MR) is 118 cm³/mol. The zero-order valence-electron chi connectivity index (χ0n) is 17.8. The summed E-state index contributed by atoms with van der Waals surface area (Å²) in [4.78, 5) is 13.5. The summed E-state index contributed by atoms with van der Waals surface area (Å²) in [7, 11) is 0. The topological polar surface area (TPSA) is 32.3 Å². The molecule has 0 atom stereocenters. The third kappa shape index (κ3) is 6.61. The van der Waals surface area contributed by atoms with Crippen LogP contribution in [0.5, 0.6) is 0 Å². The monoisotopic (exact) mass is 392 g/mol. The van der Waals surface area contributed by atoms with Crippen molar-refractivity contribution < 1.29 is 0 Å². The van der Waals surface area contributed by atoms with Crippen LogP contribution in [0.1, 0.15) is 56.1 Å². The fourth-order valence-electron chi connectivity index (χ4n) is 5.05. The molecule has 4 nitrogen and oxygen atoms in total. The Labute approximate surface area is 176 Å². The Hall–Kier alpha value is -1.78. The average molecular weight is 393 g/mol. The lowest BCUT2D eigenvalue weighted by molar-refractivity contribution is 0.156. The molecule has 2 aliphatic heterocycles. The molecule has 2 aromatic rings. The van der Waals surface area contributed by atoms with E-state index < -0.39 is 0 Å². The van der Waals surface area contributed by atoms with Crippen molar-refractivity contribution >= 4 is 0 Å². The molecule has 0 bridgehead atoms. The van der Waals surface area contributed by atoms with E-state index in [4.69, 9.17) is 0 Å². The van der Waals surface area contributed by atoms with Crippen LogP contribution >= 0.6 is 0 Å². The van der Waals surface area contributed by atoms with Crippen LogP contribution in [0.3, 0.4) is 0 Å². The largest absolute Gasteiger partial charge is 0.299 e. The summed E-state index contributed by atoms with van der Waals surface area (Å²) in [6, 6.07) is 8.59. The lowest BCUT2D eigenvalue weighted by Gasteiger charge is -2.33. The molecule has 0 saturated carbocycles. The Morgan fingerprint density at radius 2 is 1.00 bits per heavy atom. The van der Waals surface area contributed by atoms with Crippen molar-refractivity contribution in [3.63, 3.8) is 0 Å². The van der Waals surface area contributed by atoms with Gasteiger partial charge in [-0.25, -0.2) is 0 Å². The Bertz CT molecular complexity index is 628. The van der Waals surface area contributed by atoms with E-state index in [1.807, 2.05) is 24.8 Å². The molecule has 0 aromatic carbocycles. The molecule has 29 heavy (non-hydrogen) atoms. The Balaban J connectivity index is 1.07. The van der Waals surface area contributed by atoms with Gasteiger partial charge in [0.25, 0.3) is 0 Å². The molecule has 2 saturated heterocycles. The number of hydrogen-bond acceptors (Lipinski definition) is 4. The maximum Gasteiger partial charge on any atom is 0.0271 e. The van der Waals surface area contributed by atoms with Gasteiger partial charge in [-0.2, -0.15) is 0 Å². The number of aromatic nitrogens is 2. The Morgan fingerprint density at radius 1 is 0.621 bits per heavy atom. The molecule has 0 radical (unpaired) electrons. The summed E-state index contributed by atoms with van der Waals surface area (Å²) in [5.41, 5.74) is 2.79. The first-order valence-electron chi connectivity index (χ1n) is 11.6. The van der Waals surface area contributed by atoms with Gasteiger partial charge >= 0.3 is 0 Å². The summed E-state index contributed by atoms with van der Waals surface area (Å²) < 4.78 is 0. The second kappa shape index (κ2) is 10.8. The van der Waals surface area contributed by atoms with Crippen LogP contribution in [0.2, 0.25) is 0 Å². The minimum Gasteiger partial charge on any atom is -0.299 e. The molecular weight excluding hydrogens is 356 g/mol. The number of hydrogen-bond donors (Lipinski definition) is 0. The fraction of sp³-hybridized carbons (Fsp3) is 0.600. The first-order valence-corrected chi connectivity index (χ1v) is 11.6. The van der Waals surface area contributed by atoms with E-state index in [0.717, 1.165) is 24.9 Å². The lowest BCUT2D eigenvalue weighted by Crippen LogP contribution is -2.34. The highest BCUT2D eigenvalue weighted by molar-refractivity contribution is 5.10. The number of rotatable bonds is 8. The highest BCUT2D eigenvalue weighted by atomic mass is 15.1. The number of likely N-dealkylation sites (tertiary alicyclic amines) is 2. The van der Waals surface area contributed by atoms with Crippen LogP contribution in [0, 0.1) is 11.8 Å². The van der Waals surface area contributed by atoms with Crippen molar-refractivity contribution in [2.24, 2.45) is 11.8 Å². The zero-order chi connectivity index (χ0) is 19.7. The highest BCUT2D eigenvalue weighted by Crippen LogP contribution is 2.28. The molecule has 0 spiro atoms. The van der Waals surface area contributed by atoms with Crippen LogP contribution in [0.25, 0.3) is 0 Å². The third-order valence-corrected chi connectivity index (χ3v) is 6.95. The second-order valence-electron chi connectivity index (χ2n) is 9.08. The van der Waals surface area contributed by atoms with Gasteiger partial charge < -0.3 is 0 Å². The van der Waals surface area contributed by atoms with Gasteiger partial charge in [0.05, 0.1) is 0 Å². The third-order valence-electron chi connectivity index (χ3n) is 6.95. The first kappa shape index (κ1) is 20.5. The summed E-state index contributed by atoms with van der Waals surface area (Å²) in [6.45, 7) is 7.24. The van der Waals surface area contributed by atoms with Gasteiger partial charge in [0.2, 0.25) is 0 Å². The molecule has 0 unspecified atom stereocenters. The molecule has 4 heteroatoms. The fourth-order valence-corrected chi connectivity index (χ4v) is 5.05. The summed E-state index contributed by atoms with van der Waals surface area (Å²) in [6.07, 6.45) is 17.5. The van der Waals surface area contributed by atoms with Crippen LogP contribution in [-0.2, 0) is 13.1 Å². The molecule has 4 rings (SSSR count). The van der Waals surface area contributed by atoms with E-state index >= 15 is 0 Å². The molecular formula is C25H36N4. The predicted octanol–water partition coefficient (Wildman–Crippen LogP) is 4.77. The summed E-state index contributed by atoms with van der Waals surface area (Å²) >= 11 is 0. The molecule has 0 amide bonds. The van der Waals surface area contributed by atoms with Gasteiger partial charge in [-0.1, -0.05) is 19.3 Å². The van der Waals surface area contributed by atoms with Gasteiger partial charge in [0, 0.05) is 37.9 Å². The van der Waals surface area contributed by atoms with Crippen LogP contribution in [0.15, 0.2) is 49.1 Å². The minimum absolute atomic E-state index is 0.954. The van der Waals surface area contributed by atoms with E-state index in [1.165, 1.54) is 82.3 Å². The van der Waals surface area contributed by atoms with Crippen molar-refractivity contribution in [2.75, 3.05) is 26.2 Å². The molecule has 156 valence electrons. The van der Waals surface area contributed by atoms with E-state index in [-0.39, 0.29) is 0 Å². The van der Waals surface area contributed by atoms with Crippen LogP contribution in [-0.4, -0.2) is 45.9 Å². The quantitative estimate of drug-likeness (QED) is 0.648. The SMILES string of the molecule is c1cc(CN2CCC(CCCC3CCN(Cc4ccncc4)CC3)CC2)ccn1. The normalized spacial score (nSPS) is 20.1. The average Bonchev–Trinajstić information content (AvgIpc) is 2.78. The van der Waals surface area contributed by atoms with E-state index in [1.54, 1.807) is 0 Å². The zero-order valence-corrected chi connectivity index (χ0v) is 17.8. The number of pyridine rings is 2. The summed E-state index contributed by atoms with van der Waals surface area (Å²) in [5.74, 6) is 1.91. The van der Waals surface area contributed by atoms with E-state index in [2.05, 4.69) is 44.0 Å². The first-order chi connectivity index (χ1) is 14.3. The minimum atomic E-state index is 0.954. The van der Waals surface area contributed by atoms with Gasteiger partial charge in [0.1, 0.15) is 0 Å². The lowest BCUT2D eigenvalue weighted by atomic mass is 9.86. The molecule has 2 fully saturated rings. The van der Waals surface area contributed by atoms with Crippen molar-refractivity contribution in [1.82, 2.24) is 19.8 Å². The Kier molecular flexibility index (Phi) is 7.66. The van der Waals surface area contributed by atoms with E-state index in [0.29, 0.717) is 0 Å². The molecule has 0 aliphatic carbocycles. The number of nitrogens with zero attached hydrogens (tertiary/aromatic N) is 4. The van der Waals surface area contributed by atoms with Crippen molar-refractivity contribution in [2.45, 2.75) is 58.0 Å². The molecule has 2 aromatic heterocycles. The van der Waals surface area contributed by atoms with Gasteiger partial charge in [-0.15, -0.1) is 0 Å². The van der Waals surface area contributed by atoms with Crippen LogP contribution < -0.4 is 0 Å². The molecule has 0 N–H and O–H groups in total. The second-order valence-corrected chi connectivity index (χ2v) is 9.08. The van der Waals surface area contributed by atoms with Gasteiger partial charge in [-0.3, -0.25) is 19.8 Å². The van der Waals surface area contributed by atoms with Crippen molar-refractivity contribution in [3.05, 3.63) is 60.2 Å². The van der Waals surface area contributed by atoms with Crippen LogP contribution in [0.4, 0.5) is 0 Å². The smallest absolute Gasteiger partial charge is 0.0271 e. The number of piperidine rings is 2. The molecule has 4 heterocycles.